The zero-order valence-corrected chi connectivity index (χ0v) is 10.8. The van der Waals surface area contributed by atoms with E-state index in [0.29, 0.717) is 10.9 Å². The summed E-state index contributed by atoms with van der Waals surface area (Å²) >= 11 is 3.12. The minimum absolute atomic E-state index is 0.0558. The second kappa shape index (κ2) is 5.58. The molecule has 1 aromatic heterocycles. The Morgan fingerprint density at radius 2 is 2.25 bits per heavy atom. The van der Waals surface area contributed by atoms with E-state index in [1.807, 2.05) is 0 Å². The van der Waals surface area contributed by atoms with Gasteiger partial charge in [-0.15, -0.1) is 0 Å². The average Bonchev–Trinajstić information content (AvgIpc) is 2.22. The Morgan fingerprint density at radius 1 is 1.56 bits per heavy atom. The smallest absolute Gasteiger partial charge is 0.244 e. The van der Waals surface area contributed by atoms with Gasteiger partial charge in [-0.25, -0.2) is 18.1 Å². The molecule has 0 amide bonds. The minimum atomic E-state index is -3.66. The van der Waals surface area contributed by atoms with Gasteiger partial charge in [0.25, 0.3) is 0 Å². The van der Waals surface area contributed by atoms with Gasteiger partial charge < -0.3 is 10.8 Å². The molecule has 8 heteroatoms. The molecule has 0 aliphatic rings. The van der Waals surface area contributed by atoms with E-state index >= 15 is 0 Å². The lowest BCUT2D eigenvalue weighted by atomic mass is 10.5. The van der Waals surface area contributed by atoms with Crippen LogP contribution in [-0.4, -0.2) is 31.7 Å². The molecule has 6 nitrogen and oxygen atoms in total. The van der Waals surface area contributed by atoms with E-state index in [2.05, 4.69) is 25.6 Å². The fraction of sp³-hybridized carbons (Fsp3) is 0.375. The number of hydrogen-bond acceptors (Lipinski definition) is 5. The largest absolute Gasteiger partial charge is 0.396 e. The van der Waals surface area contributed by atoms with E-state index in [4.69, 9.17) is 10.8 Å². The van der Waals surface area contributed by atoms with Crippen molar-refractivity contribution in [3.8, 4) is 0 Å². The Balaban J connectivity index is 2.93. The van der Waals surface area contributed by atoms with Gasteiger partial charge in [0.05, 0.1) is 0 Å². The second-order valence-corrected chi connectivity index (χ2v) is 5.66. The first-order valence-corrected chi connectivity index (χ1v) is 6.76. The molecule has 0 bridgehead atoms. The first-order valence-electron chi connectivity index (χ1n) is 4.49. The van der Waals surface area contributed by atoms with E-state index in [9.17, 15) is 8.42 Å². The summed E-state index contributed by atoms with van der Waals surface area (Å²) in [6, 6.07) is 1.38. The molecule has 1 heterocycles. The molecule has 0 saturated carbocycles. The maximum Gasteiger partial charge on any atom is 0.244 e. The predicted molar refractivity (Wildman–Crippen MR) is 63.2 cm³/mol. The van der Waals surface area contributed by atoms with Crippen LogP contribution < -0.4 is 10.5 Å². The van der Waals surface area contributed by atoms with Crippen LogP contribution in [0.3, 0.4) is 0 Å². The van der Waals surface area contributed by atoms with Crippen molar-refractivity contribution in [2.75, 3.05) is 18.9 Å². The molecule has 90 valence electrons. The number of aliphatic hydroxyl groups excluding tert-OH is 1. The zero-order chi connectivity index (χ0) is 12.2. The number of aromatic nitrogens is 1. The Bertz CT molecular complexity index is 464. The molecular formula is C8H12BrN3O3S. The molecular weight excluding hydrogens is 298 g/mol. The highest BCUT2D eigenvalue weighted by Crippen LogP contribution is 2.20. The minimum Gasteiger partial charge on any atom is -0.396 e. The summed E-state index contributed by atoms with van der Waals surface area (Å²) in [5.74, 6) is -0.0558. The van der Waals surface area contributed by atoms with Crippen LogP contribution in [0.5, 0.6) is 0 Å². The number of anilines is 1. The van der Waals surface area contributed by atoms with Gasteiger partial charge >= 0.3 is 0 Å². The van der Waals surface area contributed by atoms with E-state index in [0.717, 1.165) is 0 Å². The summed E-state index contributed by atoms with van der Waals surface area (Å²) in [5.41, 5.74) is 5.48. The van der Waals surface area contributed by atoms with Crippen LogP contribution in [0.2, 0.25) is 0 Å². The summed E-state index contributed by atoms with van der Waals surface area (Å²) in [6.45, 7) is 0.0829. The normalized spacial score (nSPS) is 11.6. The summed E-state index contributed by atoms with van der Waals surface area (Å²) < 4.78 is 26.3. The standard InChI is InChI=1S/C8H12BrN3O3S/c9-6-4-7(8(10)11-5-6)16(14,15)12-2-1-3-13/h4-5,12-13H,1-3H2,(H2,10,11). The Kier molecular flexibility index (Phi) is 4.66. The van der Waals surface area contributed by atoms with Gasteiger partial charge in [-0.2, -0.15) is 0 Å². The lowest BCUT2D eigenvalue weighted by molar-refractivity contribution is 0.289. The highest BCUT2D eigenvalue weighted by molar-refractivity contribution is 9.10. The maximum atomic E-state index is 11.7. The van der Waals surface area contributed by atoms with Crippen LogP contribution >= 0.6 is 15.9 Å². The van der Waals surface area contributed by atoms with Crippen molar-refractivity contribution in [3.63, 3.8) is 0 Å². The van der Waals surface area contributed by atoms with Crippen molar-refractivity contribution in [1.29, 1.82) is 0 Å². The van der Waals surface area contributed by atoms with Crippen LogP contribution in [-0.2, 0) is 10.0 Å². The molecule has 0 atom stereocenters. The van der Waals surface area contributed by atoms with Crippen molar-refractivity contribution in [2.24, 2.45) is 0 Å². The molecule has 1 rings (SSSR count). The van der Waals surface area contributed by atoms with Crippen LogP contribution in [0, 0.1) is 0 Å². The van der Waals surface area contributed by atoms with Crippen LogP contribution in [0.25, 0.3) is 0 Å². The van der Waals surface area contributed by atoms with E-state index in [1.165, 1.54) is 12.3 Å². The lowest BCUT2D eigenvalue weighted by Crippen LogP contribution is -2.26. The number of rotatable bonds is 5. The third-order valence-electron chi connectivity index (χ3n) is 1.76. The van der Waals surface area contributed by atoms with E-state index in [1.54, 1.807) is 0 Å². The first kappa shape index (κ1) is 13.4. The van der Waals surface area contributed by atoms with Crippen molar-refractivity contribution >= 4 is 31.8 Å². The molecule has 0 spiro atoms. The third kappa shape index (κ3) is 3.41. The summed E-state index contributed by atoms with van der Waals surface area (Å²) in [4.78, 5) is 3.67. The number of nitrogens with two attached hydrogens (primary N) is 1. The fourth-order valence-corrected chi connectivity index (χ4v) is 2.67. The Hall–Kier alpha value is -0.700. The monoisotopic (exact) mass is 309 g/mol. The van der Waals surface area contributed by atoms with Gasteiger partial charge in [0.2, 0.25) is 10.0 Å². The molecule has 4 N–H and O–H groups in total. The molecule has 0 aliphatic heterocycles. The Morgan fingerprint density at radius 3 is 2.88 bits per heavy atom. The number of nitrogens with one attached hydrogen (secondary N) is 1. The molecule has 0 fully saturated rings. The fourth-order valence-electron chi connectivity index (χ4n) is 1.01. The number of hydrogen-bond donors (Lipinski definition) is 3. The summed E-state index contributed by atoms with van der Waals surface area (Å²) in [6.07, 6.45) is 1.77. The van der Waals surface area contributed by atoms with Gasteiger partial charge in [-0.3, -0.25) is 0 Å². The van der Waals surface area contributed by atoms with Gasteiger partial charge in [0.1, 0.15) is 10.7 Å². The van der Waals surface area contributed by atoms with Gasteiger partial charge in [0, 0.05) is 23.8 Å². The predicted octanol–water partition coefficient (Wildman–Crippen LogP) is 0.0870. The number of halogens is 1. The van der Waals surface area contributed by atoms with Crippen LogP contribution in [0.1, 0.15) is 6.42 Å². The van der Waals surface area contributed by atoms with Crippen LogP contribution in [0.15, 0.2) is 21.6 Å². The molecule has 0 saturated heterocycles. The van der Waals surface area contributed by atoms with Gasteiger partial charge in [-0.05, 0) is 28.4 Å². The molecule has 16 heavy (non-hydrogen) atoms. The van der Waals surface area contributed by atoms with Gasteiger partial charge in [-0.1, -0.05) is 0 Å². The topological polar surface area (TPSA) is 105 Å². The van der Waals surface area contributed by atoms with E-state index in [-0.39, 0.29) is 23.9 Å². The first-order chi connectivity index (χ1) is 7.47. The van der Waals surface area contributed by atoms with Crippen molar-refractivity contribution < 1.29 is 13.5 Å². The van der Waals surface area contributed by atoms with Crippen molar-refractivity contribution in [1.82, 2.24) is 9.71 Å². The second-order valence-electron chi connectivity index (χ2n) is 3.01. The highest BCUT2D eigenvalue weighted by Gasteiger charge is 2.17. The number of nitrogen functional groups attached to an aromatic ring is 1. The number of aliphatic hydroxyl groups is 1. The average molecular weight is 310 g/mol. The number of nitrogens with zero attached hydrogens (tertiary/aromatic N) is 1. The van der Waals surface area contributed by atoms with Crippen molar-refractivity contribution in [2.45, 2.75) is 11.3 Å². The molecule has 0 aliphatic carbocycles. The third-order valence-corrected chi connectivity index (χ3v) is 3.69. The lowest BCUT2D eigenvalue weighted by Gasteiger charge is -2.08. The highest BCUT2D eigenvalue weighted by atomic mass is 79.9. The summed E-state index contributed by atoms with van der Waals surface area (Å²) in [7, 11) is -3.66. The Labute approximate surface area is 102 Å². The molecule has 0 unspecified atom stereocenters. The molecule has 1 aromatic rings. The molecule has 0 radical (unpaired) electrons. The van der Waals surface area contributed by atoms with Gasteiger partial charge in [0.15, 0.2) is 0 Å². The van der Waals surface area contributed by atoms with E-state index < -0.39 is 10.0 Å². The number of pyridine rings is 1. The maximum absolute atomic E-state index is 11.7. The number of sulfonamides is 1. The zero-order valence-electron chi connectivity index (χ0n) is 8.35. The molecule has 0 aromatic carbocycles. The summed E-state index contributed by atoms with van der Waals surface area (Å²) in [5, 5.41) is 8.55. The van der Waals surface area contributed by atoms with Crippen LogP contribution in [0.4, 0.5) is 5.82 Å². The van der Waals surface area contributed by atoms with Crippen molar-refractivity contribution in [3.05, 3.63) is 16.7 Å². The quantitative estimate of drug-likeness (QED) is 0.668. The SMILES string of the molecule is Nc1ncc(Br)cc1S(=O)(=O)NCCCO.